The Morgan fingerprint density at radius 1 is 0.907 bits per heavy atom. The molecule has 0 atom stereocenters. The maximum Gasteiger partial charge on any atom is 0.291 e. The molecule has 4 aromatic heterocycles. The van der Waals surface area contributed by atoms with Gasteiger partial charge in [-0.2, -0.15) is 14.6 Å². The number of thiazole rings is 1. The summed E-state index contributed by atoms with van der Waals surface area (Å²) in [6, 6.07) is 30.1. The Morgan fingerprint density at radius 3 is 2.47 bits per heavy atom. The van der Waals surface area contributed by atoms with Crippen LogP contribution < -0.4 is 14.8 Å². The van der Waals surface area contributed by atoms with Gasteiger partial charge in [-0.25, -0.2) is 4.68 Å². The van der Waals surface area contributed by atoms with Crippen LogP contribution in [0.5, 0.6) is 5.75 Å². The number of aromatic nitrogens is 5. The number of hydrogen-bond acceptors (Lipinski definition) is 7. The van der Waals surface area contributed by atoms with Crippen LogP contribution in [0.25, 0.3) is 40.1 Å². The molecule has 7 nitrogen and oxygen atoms in total. The average molecular weight is 600 g/mol. The van der Waals surface area contributed by atoms with Crippen molar-refractivity contribution in [2.75, 3.05) is 0 Å². The van der Waals surface area contributed by atoms with Crippen molar-refractivity contribution < 1.29 is 4.74 Å². The largest absolute Gasteiger partial charge is 0.489 e. The first-order valence-electron chi connectivity index (χ1n) is 13.7. The molecule has 0 aliphatic carbocycles. The van der Waals surface area contributed by atoms with E-state index in [1.807, 2.05) is 126 Å². The lowest BCUT2D eigenvalue weighted by molar-refractivity contribution is 0.304. The minimum atomic E-state index is -0.206. The van der Waals surface area contributed by atoms with Crippen molar-refractivity contribution in [2.24, 2.45) is 0 Å². The highest BCUT2D eigenvalue weighted by Gasteiger charge is 2.15. The second-order valence-corrected chi connectivity index (χ2v) is 11.9. The number of hydrogen-bond donors (Lipinski definition) is 0. The van der Waals surface area contributed by atoms with Gasteiger partial charge in [0.15, 0.2) is 5.82 Å². The number of benzene rings is 3. The molecule has 0 aliphatic heterocycles. The number of aryl methyl sites for hydroxylation is 1. The molecule has 210 valence electrons. The predicted molar refractivity (Wildman–Crippen MR) is 174 cm³/mol. The normalized spacial score (nSPS) is 12.1. The Bertz CT molecular complexity index is 2160. The van der Waals surface area contributed by atoms with Gasteiger partial charge in [-0.3, -0.25) is 4.79 Å². The van der Waals surface area contributed by atoms with Crippen molar-refractivity contribution >= 4 is 45.9 Å². The molecule has 3 aromatic carbocycles. The molecule has 0 saturated carbocycles. The first-order chi connectivity index (χ1) is 21.1. The molecule has 9 heteroatoms. The zero-order chi connectivity index (χ0) is 29.2. The summed E-state index contributed by atoms with van der Waals surface area (Å²) in [5.74, 6) is 1.32. The molecule has 4 heterocycles. The van der Waals surface area contributed by atoms with E-state index in [4.69, 9.17) is 9.84 Å². The zero-order valence-corrected chi connectivity index (χ0v) is 24.8. The van der Waals surface area contributed by atoms with Gasteiger partial charge >= 0.3 is 0 Å². The third-order valence-electron chi connectivity index (χ3n) is 6.87. The molecule has 7 rings (SSSR count). The highest BCUT2D eigenvalue weighted by Crippen LogP contribution is 2.29. The first-order valence-corrected chi connectivity index (χ1v) is 15.4. The van der Waals surface area contributed by atoms with Gasteiger partial charge in [-0.1, -0.05) is 65.9 Å². The minimum absolute atomic E-state index is 0.206. The van der Waals surface area contributed by atoms with Gasteiger partial charge in [0.05, 0.1) is 10.2 Å². The second-order valence-electron chi connectivity index (χ2n) is 9.90. The number of thiophene rings is 1. The zero-order valence-electron chi connectivity index (χ0n) is 23.1. The van der Waals surface area contributed by atoms with E-state index < -0.39 is 0 Å². The quantitative estimate of drug-likeness (QED) is 0.195. The van der Waals surface area contributed by atoms with Gasteiger partial charge in [0.1, 0.15) is 18.1 Å². The fourth-order valence-electron chi connectivity index (χ4n) is 4.73. The van der Waals surface area contributed by atoms with Gasteiger partial charge in [0.2, 0.25) is 4.96 Å². The summed E-state index contributed by atoms with van der Waals surface area (Å²) in [6.07, 6.45) is 7.60. The van der Waals surface area contributed by atoms with Crippen LogP contribution in [-0.2, 0) is 6.61 Å². The Morgan fingerprint density at radius 2 is 1.72 bits per heavy atom. The maximum atomic E-state index is 13.4. The summed E-state index contributed by atoms with van der Waals surface area (Å²) in [4.78, 5) is 19.6. The van der Waals surface area contributed by atoms with Gasteiger partial charge < -0.3 is 4.74 Å². The van der Waals surface area contributed by atoms with E-state index in [1.165, 1.54) is 15.9 Å². The summed E-state index contributed by atoms with van der Waals surface area (Å²) in [5.41, 5.74) is 5.34. The number of rotatable bonds is 8. The number of ether oxygens (including phenoxy) is 1. The van der Waals surface area contributed by atoms with Gasteiger partial charge in [-0.15, -0.1) is 16.4 Å². The lowest BCUT2D eigenvalue weighted by atomic mass is 10.0. The van der Waals surface area contributed by atoms with Crippen molar-refractivity contribution in [3.8, 4) is 22.7 Å². The molecule has 7 aromatic rings. The molecule has 0 radical (unpaired) electrons. The van der Waals surface area contributed by atoms with Crippen molar-refractivity contribution in [1.29, 1.82) is 0 Å². The smallest absolute Gasteiger partial charge is 0.291 e. The van der Waals surface area contributed by atoms with Crippen LogP contribution >= 0.6 is 22.7 Å². The molecule has 0 aliphatic rings. The second kappa shape index (κ2) is 11.6. The first kappa shape index (κ1) is 26.8. The van der Waals surface area contributed by atoms with Crippen molar-refractivity contribution in [2.45, 2.75) is 13.5 Å². The summed E-state index contributed by atoms with van der Waals surface area (Å²) in [6.45, 7) is 2.52. The highest BCUT2D eigenvalue weighted by molar-refractivity contribution is 7.15. The molecule has 43 heavy (non-hydrogen) atoms. The SMILES string of the molecule is Cc1cc(-c2nn(-c3ccccc3)cc2/C=c2\sc3nc(/C=C/c4cccs4)nn3c2=O)ccc1OCc1ccccc1. The number of fused-ring (bicyclic) bond motifs is 1. The van der Waals surface area contributed by atoms with Gasteiger partial charge in [-0.05, 0) is 78.1 Å². The van der Waals surface area contributed by atoms with E-state index in [0.29, 0.717) is 21.9 Å². The van der Waals surface area contributed by atoms with Crippen LogP contribution in [-0.4, -0.2) is 24.4 Å². The minimum Gasteiger partial charge on any atom is -0.489 e. The molecule has 0 spiro atoms. The summed E-state index contributed by atoms with van der Waals surface area (Å²) in [5, 5.41) is 11.4. The summed E-state index contributed by atoms with van der Waals surface area (Å²) < 4.78 is 9.86. The van der Waals surface area contributed by atoms with Gasteiger partial charge in [0, 0.05) is 22.2 Å². The van der Waals surface area contributed by atoms with E-state index in [0.717, 1.165) is 44.3 Å². The van der Waals surface area contributed by atoms with Gasteiger partial charge in [0.25, 0.3) is 5.56 Å². The van der Waals surface area contributed by atoms with Crippen molar-refractivity contribution in [3.63, 3.8) is 0 Å². The molecular formula is C34H25N5O2S2. The Labute approximate surface area is 255 Å². The standard InChI is InChI=1S/C34H25N5O2S2/c1-23-19-25(14-16-29(23)41-22-24-9-4-2-5-10-24)32-26(21-38(37-32)27-11-6-3-7-12-27)20-30-33(40)39-34(43-30)35-31(36-39)17-15-28-13-8-18-42-28/h2-21H,22H2,1H3/b17-15+,30-20-. The van der Waals surface area contributed by atoms with Crippen LogP contribution in [0, 0.1) is 6.92 Å². The molecule has 0 bridgehead atoms. The van der Waals surface area contributed by atoms with Crippen LogP contribution in [0.3, 0.4) is 0 Å². The molecule has 0 saturated heterocycles. The van der Waals surface area contributed by atoms with E-state index in [2.05, 4.69) is 16.1 Å². The number of para-hydroxylation sites is 1. The Hall–Kier alpha value is -5.12. The third-order valence-corrected chi connectivity index (χ3v) is 8.67. The molecule has 0 N–H and O–H groups in total. The van der Waals surface area contributed by atoms with Crippen LogP contribution in [0.4, 0.5) is 0 Å². The van der Waals surface area contributed by atoms with Crippen molar-refractivity contribution in [1.82, 2.24) is 24.4 Å². The Balaban J connectivity index is 1.25. The topological polar surface area (TPSA) is 74.3 Å². The van der Waals surface area contributed by atoms with Crippen LogP contribution in [0.1, 0.15) is 27.4 Å². The van der Waals surface area contributed by atoms with E-state index in [1.54, 1.807) is 11.3 Å². The van der Waals surface area contributed by atoms with Crippen molar-refractivity contribution in [3.05, 3.63) is 145 Å². The monoisotopic (exact) mass is 599 g/mol. The average Bonchev–Trinajstić information content (AvgIpc) is 3.83. The molecular weight excluding hydrogens is 575 g/mol. The summed E-state index contributed by atoms with van der Waals surface area (Å²) >= 11 is 2.95. The molecule has 0 unspecified atom stereocenters. The molecule has 0 amide bonds. The fraction of sp³-hybridized carbons (Fsp3) is 0.0588. The summed E-state index contributed by atoms with van der Waals surface area (Å²) in [7, 11) is 0. The highest BCUT2D eigenvalue weighted by atomic mass is 32.1. The maximum absolute atomic E-state index is 13.4. The van der Waals surface area contributed by atoms with Crippen LogP contribution in [0.2, 0.25) is 0 Å². The van der Waals surface area contributed by atoms with E-state index in [9.17, 15) is 4.79 Å². The van der Waals surface area contributed by atoms with E-state index in [-0.39, 0.29) is 5.56 Å². The third kappa shape index (κ3) is 5.68. The lowest BCUT2D eigenvalue weighted by Crippen LogP contribution is -2.23. The predicted octanol–water partition coefficient (Wildman–Crippen LogP) is 6.67. The Kier molecular flexibility index (Phi) is 7.24. The lowest BCUT2D eigenvalue weighted by Gasteiger charge is -2.10. The fourth-order valence-corrected chi connectivity index (χ4v) is 6.25. The van der Waals surface area contributed by atoms with E-state index >= 15 is 0 Å². The van der Waals surface area contributed by atoms with Crippen LogP contribution in [0.15, 0.2) is 107 Å². The number of nitrogens with zero attached hydrogens (tertiary/aromatic N) is 5. The molecule has 0 fully saturated rings.